The minimum atomic E-state index is -3.13. The number of halogens is 1. The molecule has 7 nitrogen and oxygen atoms in total. The van der Waals surface area contributed by atoms with Gasteiger partial charge in [0.1, 0.15) is 6.17 Å². The molecule has 1 amide bonds. The number of hydrogen-bond acceptors (Lipinski definition) is 6. The van der Waals surface area contributed by atoms with Crippen LogP contribution in [0.3, 0.4) is 0 Å². The van der Waals surface area contributed by atoms with E-state index in [1.165, 1.54) is 12.3 Å². The van der Waals surface area contributed by atoms with Gasteiger partial charge in [-0.15, -0.1) is 0 Å². The zero-order valence-corrected chi connectivity index (χ0v) is 15.2. The highest BCUT2D eigenvalue weighted by Crippen LogP contribution is 2.15. The van der Waals surface area contributed by atoms with Crippen LogP contribution in [0.25, 0.3) is 0 Å². The standard InChI is InChI=1S/C17H17ClN2O5S/c18-12-5-3-11(4-6-12)15(21)16(19-13-7-9-26(23,24)10-13)20-17(22)14-2-1-8-25-14/h1-6,8,13,16,19H,7,9-10H2,(H,20,22). The number of Topliss-reactive ketones (excluding diaryl/α,β-unsaturated/α-hetero) is 1. The maximum Gasteiger partial charge on any atom is 0.288 e. The van der Waals surface area contributed by atoms with Gasteiger partial charge in [-0.2, -0.15) is 0 Å². The molecule has 2 unspecified atom stereocenters. The summed E-state index contributed by atoms with van der Waals surface area (Å²) in [5.74, 6) is -0.937. The third-order valence-electron chi connectivity index (χ3n) is 4.05. The van der Waals surface area contributed by atoms with Crippen LogP contribution in [0.15, 0.2) is 47.1 Å². The van der Waals surface area contributed by atoms with Gasteiger partial charge in [0.15, 0.2) is 21.4 Å². The number of hydrogen-bond donors (Lipinski definition) is 2. The molecule has 0 spiro atoms. The molecule has 1 fully saturated rings. The number of ketones is 1. The van der Waals surface area contributed by atoms with Gasteiger partial charge in [0, 0.05) is 16.6 Å². The monoisotopic (exact) mass is 396 g/mol. The number of carbonyl (C=O) groups excluding carboxylic acids is 2. The molecule has 1 aromatic carbocycles. The number of amides is 1. The van der Waals surface area contributed by atoms with Gasteiger partial charge in [-0.25, -0.2) is 8.42 Å². The van der Waals surface area contributed by atoms with E-state index < -0.39 is 33.7 Å². The molecule has 1 aromatic heterocycles. The maximum absolute atomic E-state index is 12.8. The smallest absolute Gasteiger partial charge is 0.288 e. The van der Waals surface area contributed by atoms with Crippen molar-refractivity contribution in [2.75, 3.05) is 11.5 Å². The Hall–Kier alpha value is -2.16. The van der Waals surface area contributed by atoms with Crippen LogP contribution in [0.1, 0.15) is 27.3 Å². The molecule has 2 heterocycles. The van der Waals surface area contributed by atoms with Crippen molar-refractivity contribution >= 4 is 33.1 Å². The first-order valence-corrected chi connectivity index (χ1v) is 10.1. The van der Waals surface area contributed by atoms with E-state index in [2.05, 4.69) is 10.6 Å². The molecule has 2 aromatic rings. The molecule has 2 N–H and O–H groups in total. The summed E-state index contributed by atoms with van der Waals surface area (Å²) in [6.45, 7) is 0. The summed E-state index contributed by atoms with van der Waals surface area (Å²) < 4.78 is 28.4. The third kappa shape index (κ3) is 4.51. The maximum atomic E-state index is 12.8. The lowest BCUT2D eigenvalue weighted by Gasteiger charge is -2.22. The van der Waals surface area contributed by atoms with Gasteiger partial charge in [0.2, 0.25) is 0 Å². The molecular formula is C17H17ClN2O5S. The van der Waals surface area contributed by atoms with Gasteiger partial charge in [-0.05, 0) is 42.8 Å². The van der Waals surface area contributed by atoms with E-state index in [0.29, 0.717) is 17.0 Å². The number of furan rings is 1. The zero-order chi connectivity index (χ0) is 18.7. The Morgan fingerprint density at radius 3 is 2.50 bits per heavy atom. The number of benzene rings is 1. The summed E-state index contributed by atoms with van der Waals surface area (Å²) in [7, 11) is -3.13. The minimum absolute atomic E-state index is 0.0542. The van der Waals surface area contributed by atoms with Crippen molar-refractivity contribution in [3.05, 3.63) is 59.0 Å². The summed E-state index contributed by atoms with van der Waals surface area (Å²) in [4.78, 5) is 25.1. The molecule has 0 bridgehead atoms. The number of rotatable bonds is 6. The Labute approximate surface area is 155 Å². The second-order valence-electron chi connectivity index (χ2n) is 6.02. The molecule has 1 saturated heterocycles. The predicted octanol–water partition coefficient (Wildman–Crippen LogP) is 1.65. The zero-order valence-electron chi connectivity index (χ0n) is 13.6. The van der Waals surface area contributed by atoms with Crippen LogP contribution < -0.4 is 10.6 Å². The van der Waals surface area contributed by atoms with Gasteiger partial charge in [0.05, 0.1) is 17.8 Å². The first-order valence-electron chi connectivity index (χ1n) is 7.95. The van der Waals surface area contributed by atoms with E-state index in [9.17, 15) is 18.0 Å². The van der Waals surface area contributed by atoms with Crippen molar-refractivity contribution in [1.29, 1.82) is 0 Å². The van der Waals surface area contributed by atoms with Crippen LogP contribution in [0.5, 0.6) is 0 Å². The molecule has 0 aliphatic carbocycles. The molecule has 0 saturated carbocycles. The minimum Gasteiger partial charge on any atom is -0.459 e. The van der Waals surface area contributed by atoms with E-state index in [1.807, 2.05) is 0 Å². The first kappa shape index (κ1) is 18.6. The van der Waals surface area contributed by atoms with Crippen LogP contribution in [0, 0.1) is 0 Å². The van der Waals surface area contributed by atoms with E-state index in [4.69, 9.17) is 16.0 Å². The highest BCUT2D eigenvalue weighted by Gasteiger charge is 2.32. The van der Waals surface area contributed by atoms with Gasteiger partial charge < -0.3 is 9.73 Å². The van der Waals surface area contributed by atoms with Crippen molar-refractivity contribution in [2.24, 2.45) is 0 Å². The fraction of sp³-hybridized carbons (Fsp3) is 0.294. The van der Waals surface area contributed by atoms with Crippen LogP contribution in [-0.4, -0.2) is 43.8 Å². The molecule has 3 rings (SSSR count). The second kappa shape index (κ2) is 7.61. The lowest BCUT2D eigenvalue weighted by molar-refractivity contribution is 0.0816. The highest BCUT2D eigenvalue weighted by molar-refractivity contribution is 7.91. The lowest BCUT2D eigenvalue weighted by Crippen LogP contribution is -2.54. The normalized spacial score (nSPS) is 19.8. The van der Waals surface area contributed by atoms with Crippen molar-refractivity contribution < 1.29 is 22.4 Å². The highest BCUT2D eigenvalue weighted by atomic mass is 35.5. The Morgan fingerprint density at radius 2 is 1.92 bits per heavy atom. The second-order valence-corrected chi connectivity index (χ2v) is 8.69. The Kier molecular flexibility index (Phi) is 5.45. The quantitative estimate of drug-likeness (QED) is 0.568. The number of carbonyl (C=O) groups is 2. The Bertz CT molecular complexity index is 894. The van der Waals surface area contributed by atoms with E-state index in [0.717, 1.165) is 0 Å². The van der Waals surface area contributed by atoms with Crippen molar-refractivity contribution in [3.8, 4) is 0 Å². The van der Waals surface area contributed by atoms with Crippen molar-refractivity contribution in [3.63, 3.8) is 0 Å². The van der Waals surface area contributed by atoms with Crippen LogP contribution >= 0.6 is 11.6 Å². The molecule has 9 heteroatoms. The molecular weight excluding hydrogens is 380 g/mol. The Balaban J connectivity index is 1.79. The summed E-state index contributed by atoms with van der Waals surface area (Å²) in [5, 5.41) is 5.99. The molecule has 1 aliphatic rings. The van der Waals surface area contributed by atoms with Gasteiger partial charge in [-0.3, -0.25) is 14.9 Å². The molecule has 26 heavy (non-hydrogen) atoms. The van der Waals surface area contributed by atoms with E-state index >= 15 is 0 Å². The van der Waals surface area contributed by atoms with Crippen molar-refractivity contribution in [2.45, 2.75) is 18.6 Å². The van der Waals surface area contributed by atoms with E-state index in [-0.39, 0.29) is 17.3 Å². The molecule has 0 radical (unpaired) electrons. The Morgan fingerprint density at radius 1 is 1.19 bits per heavy atom. The number of sulfone groups is 1. The molecule has 2 atom stereocenters. The van der Waals surface area contributed by atoms with Gasteiger partial charge in [-0.1, -0.05) is 11.6 Å². The topological polar surface area (TPSA) is 105 Å². The average Bonchev–Trinajstić information content (AvgIpc) is 3.24. The largest absolute Gasteiger partial charge is 0.459 e. The third-order valence-corrected chi connectivity index (χ3v) is 6.07. The van der Waals surface area contributed by atoms with Crippen LogP contribution in [-0.2, 0) is 9.84 Å². The summed E-state index contributed by atoms with van der Waals surface area (Å²) in [6.07, 6.45) is 0.637. The predicted molar refractivity (Wildman–Crippen MR) is 95.9 cm³/mol. The first-order chi connectivity index (χ1) is 12.3. The average molecular weight is 397 g/mol. The SMILES string of the molecule is O=C(NC(NC1CCS(=O)(=O)C1)C(=O)c1ccc(Cl)cc1)c1ccco1. The fourth-order valence-electron chi connectivity index (χ4n) is 2.74. The van der Waals surface area contributed by atoms with Gasteiger partial charge >= 0.3 is 0 Å². The summed E-state index contributed by atoms with van der Waals surface area (Å²) in [6, 6.07) is 8.84. The lowest BCUT2D eigenvalue weighted by atomic mass is 10.1. The van der Waals surface area contributed by atoms with Crippen LogP contribution in [0.2, 0.25) is 5.02 Å². The van der Waals surface area contributed by atoms with Crippen molar-refractivity contribution in [1.82, 2.24) is 10.6 Å². The molecule has 1 aliphatic heterocycles. The summed E-state index contributed by atoms with van der Waals surface area (Å²) in [5.41, 5.74) is 0.340. The van der Waals surface area contributed by atoms with E-state index in [1.54, 1.807) is 30.3 Å². The number of nitrogens with one attached hydrogen (secondary N) is 2. The van der Waals surface area contributed by atoms with Crippen LogP contribution in [0.4, 0.5) is 0 Å². The molecule has 138 valence electrons. The van der Waals surface area contributed by atoms with Gasteiger partial charge in [0.25, 0.3) is 5.91 Å². The summed E-state index contributed by atoms with van der Waals surface area (Å²) >= 11 is 5.84. The fourth-order valence-corrected chi connectivity index (χ4v) is 4.55.